The maximum atomic E-state index is 14.8. The summed E-state index contributed by atoms with van der Waals surface area (Å²) in [6.07, 6.45) is 6.98. The second kappa shape index (κ2) is 33.0. The van der Waals surface area contributed by atoms with Gasteiger partial charge in [0, 0.05) is 76.2 Å². The molecule has 4 aliphatic rings. The minimum atomic E-state index is -1.08. The van der Waals surface area contributed by atoms with Crippen molar-refractivity contribution in [3.05, 3.63) is 128 Å². The van der Waals surface area contributed by atoms with Crippen molar-refractivity contribution in [1.82, 2.24) is 57.7 Å². The van der Waals surface area contributed by atoms with Gasteiger partial charge in [0.25, 0.3) is 10.9 Å². The number of amides is 8. The minimum absolute atomic E-state index is 0.0750. The molecule has 0 saturated carbocycles. The lowest BCUT2D eigenvalue weighted by molar-refractivity contribution is -0.144. The first kappa shape index (κ1) is 66.9. The number of nitrogens with one attached hydrogen (secondary N) is 11. The number of nitrogens with zero attached hydrogens (tertiary/aromatic N) is 2. The van der Waals surface area contributed by atoms with Crippen LogP contribution in [0.25, 0.3) is 0 Å². The Morgan fingerprint density at radius 1 is 0.506 bits per heavy atom. The van der Waals surface area contributed by atoms with Gasteiger partial charge >= 0.3 is 0 Å². The summed E-state index contributed by atoms with van der Waals surface area (Å²) in [5.74, 6) is -3.40. The van der Waals surface area contributed by atoms with E-state index in [-0.39, 0.29) is 90.9 Å². The molecule has 480 valence electrons. The number of benzene rings is 3. The van der Waals surface area contributed by atoms with Crippen LogP contribution in [0.2, 0.25) is 0 Å². The Hall–Kier alpha value is -8.02. The zero-order valence-corrected chi connectivity index (χ0v) is 51.8. The first-order valence-corrected chi connectivity index (χ1v) is 32.0. The monoisotopic (exact) mass is 1230 g/mol. The van der Waals surface area contributed by atoms with Crippen LogP contribution >= 0.6 is 0 Å². The van der Waals surface area contributed by atoms with Crippen molar-refractivity contribution in [2.45, 2.75) is 171 Å². The number of likely N-dealkylation sites (N-methyl/N-ethyl adjacent to an activating group) is 2. The van der Waals surface area contributed by atoms with Gasteiger partial charge < -0.3 is 68.3 Å². The Kier molecular flexibility index (Phi) is 24.8. The molecular weight excluding hydrogens is 1130 g/mol. The summed E-state index contributed by atoms with van der Waals surface area (Å²) < 4.78 is 0. The van der Waals surface area contributed by atoms with Gasteiger partial charge in [-0.3, -0.25) is 47.9 Å². The second-order valence-electron chi connectivity index (χ2n) is 24.0. The van der Waals surface area contributed by atoms with E-state index in [0.29, 0.717) is 115 Å². The van der Waals surface area contributed by atoms with Crippen LogP contribution in [0.5, 0.6) is 0 Å². The van der Waals surface area contributed by atoms with Crippen LogP contribution in [0.15, 0.2) is 101 Å². The fourth-order valence-electron chi connectivity index (χ4n) is 13.1. The average Bonchev–Trinajstić information content (AvgIpc) is 2.22. The normalized spacial score (nSPS) is 22.5. The molecule has 4 aromatic rings. The van der Waals surface area contributed by atoms with Crippen molar-refractivity contribution in [2.24, 2.45) is 11.8 Å². The fraction of sp³-hybridized carbons (Fsp3) is 0.545. The molecule has 4 aromatic carbocycles. The van der Waals surface area contributed by atoms with Crippen molar-refractivity contribution >= 4 is 58.6 Å². The summed E-state index contributed by atoms with van der Waals surface area (Å²) in [6.45, 7) is 6.02. The van der Waals surface area contributed by atoms with Crippen LogP contribution in [0.4, 0.5) is 11.4 Å². The lowest BCUT2D eigenvalue weighted by Crippen LogP contribution is -2.59. The molecule has 4 saturated heterocycles. The van der Waals surface area contributed by atoms with Gasteiger partial charge in [-0.15, -0.1) is 0 Å². The summed E-state index contributed by atoms with van der Waals surface area (Å²) in [5, 5.41) is 33.5. The number of hydrogen-bond donors (Lipinski definition) is 11. The first-order chi connectivity index (χ1) is 43.1. The molecule has 0 unspecified atom stereocenters. The van der Waals surface area contributed by atoms with Gasteiger partial charge in [0.15, 0.2) is 0 Å². The van der Waals surface area contributed by atoms with Crippen LogP contribution in [0.3, 0.4) is 0 Å². The van der Waals surface area contributed by atoms with Crippen molar-refractivity contribution in [3.63, 3.8) is 0 Å². The Bertz CT molecular complexity index is 3100. The Morgan fingerprint density at radius 2 is 0.978 bits per heavy atom. The molecule has 11 atom stereocenters. The van der Waals surface area contributed by atoms with Gasteiger partial charge in [-0.05, 0) is 114 Å². The molecule has 4 aliphatic heterocycles. The third-order valence-electron chi connectivity index (χ3n) is 18.2. The maximum absolute atomic E-state index is 14.8. The third-order valence-corrected chi connectivity index (χ3v) is 18.2. The predicted molar refractivity (Wildman–Crippen MR) is 339 cm³/mol. The Balaban J connectivity index is 0.789. The third kappa shape index (κ3) is 17.2. The van der Waals surface area contributed by atoms with Gasteiger partial charge in [0.2, 0.25) is 47.3 Å². The molecule has 8 rings (SSSR count). The summed E-state index contributed by atoms with van der Waals surface area (Å²) in [4.78, 5) is 140. The smallest absolute Gasteiger partial charge is 0.253 e. The molecule has 0 aromatic heterocycles. The first-order valence-electron chi connectivity index (χ1n) is 32.0. The molecule has 0 radical (unpaired) electrons. The van der Waals surface area contributed by atoms with E-state index in [4.69, 9.17) is 0 Å². The predicted octanol–water partition coefficient (Wildman–Crippen LogP) is 2.37. The molecule has 0 aliphatic carbocycles. The van der Waals surface area contributed by atoms with Gasteiger partial charge in [-0.2, -0.15) is 0 Å². The molecule has 89 heavy (non-hydrogen) atoms. The number of fused-ring (bicyclic) bond motifs is 2. The lowest BCUT2D eigenvalue weighted by Gasteiger charge is -2.33. The molecular formula is C66H91N13O10. The molecule has 4 heterocycles. The van der Waals surface area contributed by atoms with E-state index >= 15 is 0 Å². The number of rotatable bonds is 32. The summed E-state index contributed by atoms with van der Waals surface area (Å²) in [6, 6.07) is 22.4. The van der Waals surface area contributed by atoms with E-state index in [2.05, 4.69) is 58.5 Å². The lowest BCUT2D eigenvalue weighted by atomic mass is 9.92. The van der Waals surface area contributed by atoms with E-state index in [1.165, 1.54) is 0 Å². The van der Waals surface area contributed by atoms with Crippen molar-refractivity contribution in [2.75, 3.05) is 57.5 Å². The van der Waals surface area contributed by atoms with Gasteiger partial charge in [0.1, 0.15) is 41.6 Å². The highest BCUT2D eigenvalue weighted by molar-refractivity contribution is 5.97. The molecule has 8 amide bonds. The van der Waals surface area contributed by atoms with Gasteiger partial charge in [0.05, 0.1) is 12.1 Å². The highest BCUT2D eigenvalue weighted by Gasteiger charge is 2.50. The minimum Gasteiger partial charge on any atom is -0.380 e. The van der Waals surface area contributed by atoms with Crippen molar-refractivity contribution in [3.8, 4) is 0 Å². The van der Waals surface area contributed by atoms with Gasteiger partial charge in [-0.1, -0.05) is 105 Å². The zero-order chi connectivity index (χ0) is 63.4. The zero-order valence-electron chi connectivity index (χ0n) is 51.8. The Morgan fingerprint density at radius 3 is 1.51 bits per heavy atom. The molecule has 4 fully saturated rings. The topological polar surface area (TPSA) is 310 Å². The molecule has 23 heteroatoms. The highest BCUT2D eigenvalue weighted by atomic mass is 16.2. The quantitative estimate of drug-likeness (QED) is 0.0247. The van der Waals surface area contributed by atoms with E-state index in [1.807, 2.05) is 80.6 Å². The van der Waals surface area contributed by atoms with E-state index in [1.54, 1.807) is 48.2 Å². The van der Waals surface area contributed by atoms with Crippen LogP contribution in [0.1, 0.15) is 126 Å². The largest absolute Gasteiger partial charge is 0.380 e. The summed E-state index contributed by atoms with van der Waals surface area (Å²) in [5.41, 5.74) is 1.53. The van der Waals surface area contributed by atoms with E-state index < -0.39 is 70.9 Å². The van der Waals surface area contributed by atoms with Crippen molar-refractivity contribution in [1.29, 1.82) is 0 Å². The molecule has 0 spiro atoms. The molecule has 0 bridgehead atoms. The van der Waals surface area contributed by atoms with Crippen LogP contribution in [-0.2, 0) is 51.4 Å². The fourth-order valence-corrected chi connectivity index (χ4v) is 13.1. The highest BCUT2D eigenvalue weighted by Crippen LogP contribution is 2.36. The standard InChI is InChI=1S/C66H91N13O10/c1-5-48(67-3)60(83)76-54-44(39-69-37-41-19-10-7-11-20-41)26-28-47-31-33-51(79(47)65(54)88)63(86)75-53(43-23-14-9-15-24-43)64(87)72-35-17-16-34-70-56-57(59(82)58(56)81)71-36-18-25-52(80)73-40-45-27-29-46-30-32-50(62(85)74-38-42-21-12-8-13-22-42)78(46)66(89)55(45)77-61(84)49(6-2)68-4/h7-15,19-24,44-51,53-55,67-71H,5-6,16-18,25-40H2,1-4H3,(H,72,87)(H,73,80)(H,74,85)(H,75,86)(H,76,83)(H,77,84)/t44-,45-,46+,47+,48+,49+,50+,51+,53+,54+,55+/m1/s1. The number of unbranched alkanes of at least 4 members (excludes halogenated alkanes) is 1. The van der Waals surface area contributed by atoms with E-state index in [0.717, 1.165) is 11.1 Å². The average molecular weight is 1230 g/mol. The Labute approximate surface area is 521 Å². The summed E-state index contributed by atoms with van der Waals surface area (Å²) >= 11 is 0. The molecule has 11 N–H and O–H groups in total. The van der Waals surface area contributed by atoms with Crippen LogP contribution in [-0.4, -0.2) is 152 Å². The SMILES string of the molecule is CC[C@H](NC)C(=O)N[C@@H]1C(=O)N2[C@@H](CC[C@@H]1CNC(=O)CCCNc1c(NCCCCNC(=O)[C@@H](NC(=O)[C@@H]3CC[C@@H]4CC[C@H](CNCc5ccccc5)[C@H](NC(=O)[C@H](CC)NC)C(=O)N43)c3ccccc3)c(=O)c1=O)CC[C@H]2C(=O)NCc1ccccc1. The molecule has 23 nitrogen and oxygen atoms in total. The van der Waals surface area contributed by atoms with Gasteiger partial charge in [-0.25, -0.2) is 0 Å². The van der Waals surface area contributed by atoms with Crippen molar-refractivity contribution < 1.29 is 38.4 Å². The number of hydrogen-bond acceptors (Lipinski definition) is 15. The van der Waals surface area contributed by atoms with E-state index in [9.17, 15) is 47.9 Å². The second-order valence-corrected chi connectivity index (χ2v) is 24.0. The summed E-state index contributed by atoms with van der Waals surface area (Å²) in [7, 11) is 3.38. The van der Waals surface area contributed by atoms with Crippen LogP contribution < -0.4 is 69.3 Å². The maximum Gasteiger partial charge on any atom is 0.253 e. The number of anilines is 2. The number of carbonyl (C=O) groups excluding carboxylic acids is 8. The number of carbonyl (C=O) groups is 8. The van der Waals surface area contributed by atoms with Crippen LogP contribution in [0, 0.1) is 11.8 Å².